The van der Waals surface area contributed by atoms with Crippen molar-refractivity contribution in [1.82, 2.24) is 9.88 Å². The molecule has 4 amide bonds. The highest BCUT2D eigenvalue weighted by Gasteiger charge is 2.37. The lowest BCUT2D eigenvalue weighted by Crippen LogP contribution is -2.54. The van der Waals surface area contributed by atoms with Crippen molar-refractivity contribution in [3.8, 4) is 11.5 Å². The zero-order chi connectivity index (χ0) is 25.9. The molecule has 37 heavy (non-hydrogen) atoms. The first-order valence-corrected chi connectivity index (χ1v) is 11.5. The lowest BCUT2D eigenvalue weighted by Gasteiger charge is -2.26. The third-order valence-corrected chi connectivity index (χ3v) is 5.96. The number of carbonyl (C=O) groups excluding carboxylic acids is 3. The number of barbiturate groups is 1. The second-order valence-electron chi connectivity index (χ2n) is 8.23. The van der Waals surface area contributed by atoms with Gasteiger partial charge in [0, 0.05) is 22.7 Å². The normalized spacial score (nSPS) is 14.8. The Labute approximate surface area is 211 Å². The molecule has 1 aliphatic rings. The van der Waals surface area contributed by atoms with E-state index in [1.165, 1.54) is 18.2 Å². The molecule has 4 aromatic rings. The molecule has 0 radical (unpaired) electrons. The number of urea groups is 1. The number of aromatic nitrogens is 1. The zero-order valence-electron chi connectivity index (χ0n) is 19.8. The summed E-state index contributed by atoms with van der Waals surface area (Å²) in [6.07, 6.45) is 3.28. The molecule has 8 nitrogen and oxygen atoms in total. The van der Waals surface area contributed by atoms with Crippen molar-refractivity contribution in [2.24, 2.45) is 0 Å². The van der Waals surface area contributed by atoms with Crippen LogP contribution in [-0.4, -0.2) is 36.1 Å². The molecule has 5 rings (SSSR count). The third-order valence-electron chi connectivity index (χ3n) is 5.96. The van der Waals surface area contributed by atoms with Gasteiger partial charge in [-0.25, -0.2) is 14.1 Å². The molecule has 1 aliphatic heterocycles. The Balaban J connectivity index is 1.44. The van der Waals surface area contributed by atoms with E-state index in [-0.39, 0.29) is 11.3 Å². The smallest absolute Gasteiger partial charge is 0.335 e. The van der Waals surface area contributed by atoms with E-state index in [1.807, 2.05) is 59.3 Å². The van der Waals surface area contributed by atoms with Crippen molar-refractivity contribution < 1.29 is 28.2 Å². The maximum Gasteiger partial charge on any atom is 0.335 e. The molecule has 1 aromatic heterocycles. The van der Waals surface area contributed by atoms with Crippen molar-refractivity contribution in [3.05, 3.63) is 95.9 Å². The molecule has 1 saturated heterocycles. The number of ether oxygens (including phenoxy) is 2. The average Bonchev–Trinajstić information content (AvgIpc) is 3.25. The monoisotopic (exact) mass is 499 g/mol. The van der Waals surface area contributed by atoms with Crippen molar-refractivity contribution >= 4 is 40.5 Å². The predicted molar refractivity (Wildman–Crippen MR) is 136 cm³/mol. The molecule has 9 heteroatoms. The number of carbonyl (C=O) groups is 3. The fraction of sp³-hybridized carbons (Fsp3) is 0.107. The lowest BCUT2D eigenvalue weighted by molar-refractivity contribution is -0.122. The summed E-state index contributed by atoms with van der Waals surface area (Å²) in [7, 11) is 1.58. The number of para-hydroxylation sites is 3. The molecule has 0 aliphatic carbocycles. The minimum atomic E-state index is -0.894. The van der Waals surface area contributed by atoms with Gasteiger partial charge in [0.25, 0.3) is 11.8 Å². The molecular formula is C28H22FN3O5. The van der Waals surface area contributed by atoms with E-state index in [4.69, 9.17) is 9.47 Å². The summed E-state index contributed by atoms with van der Waals surface area (Å²) >= 11 is 0. The average molecular weight is 499 g/mol. The zero-order valence-corrected chi connectivity index (χ0v) is 19.8. The number of benzene rings is 3. The van der Waals surface area contributed by atoms with E-state index in [9.17, 15) is 18.8 Å². The second-order valence-corrected chi connectivity index (χ2v) is 8.23. The van der Waals surface area contributed by atoms with Crippen LogP contribution >= 0.6 is 0 Å². The molecule has 2 heterocycles. The summed E-state index contributed by atoms with van der Waals surface area (Å²) in [5.41, 5.74) is 1.45. The Kier molecular flexibility index (Phi) is 6.42. The molecule has 0 saturated carbocycles. The molecule has 0 atom stereocenters. The fourth-order valence-corrected chi connectivity index (χ4v) is 4.20. The van der Waals surface area contributed by atoms with Crippen LogP contribution in [-0.2, 0) is 16.1 Å². The molecule has 3 aromatic carbocycles. The van der Waals surface area contributed by atoms with Crippen LogP contribution < -0.4 is 19.7 Å². The Morgan fingerprint density at radius 2 is 1.62 bits per heavy atom. The van der Waals surface area contributed by atoms with Crippen molar-refractivity contribution in [2.75, 3.05) is 18.6 Å². The number of rotatable bonds is 7. The van der Waals surface area contributed by atoms with Gasteiger partial charge in [-0.1, -0.05) is 30.3 Å². The first-order valence-electron chi connectivity index (χ1n) is 11.5. The highest BCUT2D eigenvalue weighted by molar-refractivity contribution is 6.39. The number of imide groups is 2. The van der Waals surface area contributed by atoms with E-state index in [0.717, 1.165) is 27.9 Å². The first kappa shape index (κ1) is 23.8. The standard InChI is InChI=1S/C28H22FN3O5/c1-36-24-8-4-5-9-25(24)37-15-14-31-17-18(21-6-2-3-7-23(21)31)16-22-26(33)30-28(35)32(27(22)34)20-12-10-19(29)11-13-20/h2-13,16-17H,14-15H2,1H3,(H,30,33,35)/b22-16-. The maximum absolute atomic E-state index is 13.4. The molecule has 1 fully saturated rings. The number of halogens is 1. The minimum Gasteiger partial charge on any atom is -0.493 e. The van der Waals surface area contributed by atoms with Crippen LogP contribution in [0.2, 0.25) is 0 Å². The lowest BCUT2D eigenvalue weighted by atomic mass is 10.1. The molecule has 0 bridgehead atoms. The molecule has 1 N–H and O–H groups in total. The first-order chi connectivity index (χ1) is 18.0. The minimum absolute atomic E-state index is 0.151. The topological polar surface area (TPSA) is 89.9 Å². The summed E-state index contributed by atoms with van der Waals surface area (Å²) < 4.78 is 26.6. The Bertz CT molecular complexity index is 1540. The van der Waals surface area contributed by atoms with Crippen molar-refractivity contribution in [3.63, 3.8) is 0 Å². The fourth-order valence-electron chi connectivity index (χ4n) is 4.20. The summed E-state index contributed by atoms with van der Waals surface area (Å²) in [6, 6.07) is 18.9. The van der Waals surface area contributed by atoms with Crippen LogP contribution in [0.3, 0.4) is 0 Å². The largest absolute Gasteiger partial charge is 0.493 e. The van der Waals surface area contributed by atoms with Crippen LogP contribution in [0.5, 0.6) is 11.5 Å². The highest BCUT2D eigenvalue weighted by Crippen LogP contribution is 2.28. The molecule has 186 valence electrons. The van der Waals surface area contributed by atoms with Gasteiger partial charge in [0.05, 0.1) is 19.3 Å². The van der Waals surface area contributed by atoms with Gasteiger partial charge in [-0.05, 0) is 48.5 Å². The molecule has 0 spiro atoms. The maximum atomic E-state index is 13.4. The van der Waals surface area contributed by atoms with Gasteiger partial charge in [-0.2, -0.15) is 0 Å². The molecular weight excluding hydrogens is 477 g/mol. The van der Waals surface area contributed by atoms with Gasteiger partial charge in [0.1, 0.15) is 18.0 Å². The summed E-state index contributed by atoms with van der Waals surface area (Å²) in [6.45, 7) is 0.837. The van der Waals surface area contributed by atoms with Crippen LogP contribution in [0.1, 0.15) is 5.56 Å². The number of nitrogens with zero attached hydrogens (tertiary/aromatic N) is 2. The molecule has 0 unspecified atom stereocenters. The van der Waals surface area contributed by atoms with E-state index < -0.39 is 23.7 Å². The van der Waals surface area contributed by atoms with Gasteiger partial charge >= 0.3 is 6.03 Å². The van der Waals surface area contributed by atoms with Crippen LogP contribution in [0, 0.1) is 5.82 Å². The Morgan fingerprint density at radius 1 is 0.919 bits per heavy atom. The van der Waals surface area contributed by atoms with Crippen LogP contribution in [0.4, 0.5) is 14.9 Å². The summed E-state index contributed by atoms with van der Waals surface area (Å²) in [4.78, 5) is 39.1. The third kappa shape index (κ3) is 4.66. The number of hydrogen-bond acceptors (Lipinski definition) is 5. The quantitative estimate of drug-likeness (QED) is 0.298. The predicted octanol–water partition coefficient (Wildman–Crippen LogP) is 4.53. The van der Waals surface area contributed by atoms with Crippen molar-refractivity contribution in [2.45, 2.75) is 6.54 Å². The summed E-state index contributed by atoms with van der Waals surface area (Å²) in [5, 5.41) is 3.01. The van der Waals surface area contributed by atoms with E-state index in [2.05, 4.69) is 5.32 Å². The SMILES string of the molecule is COc1ccccc1OCCn1cc(/C=C2/C(=O)NC(=O)N(c3ccc(F)cc3)C2=O)c2ccccc21. The number of amides is 4. The van der Waals surface area contributed by atoms with Crippen molar-refractivity contribution in [1.29, 1.82) is 0 Å². The van der Waals surface area contributed by atoms with Crippen LogP contribution in [0.15, 0.2) is 84.6 Å². The van der Waals surface area contributed by atoms with E-state index >= 15 is 0 Å². The van der Waals surface area contributed by atoms with Gasteiger partial charge in [-0.3, -0.25) is 14.9 Å². The van der Waals surface area contributed by atoms with Gasteiger partial charge in [0.15, 0.2) is 11.5 Å². The highest BCUT2D eigenvalue weighted by atomic mass is 19.1. The number of nitrogens with one attached hydrogen (secondary N) is 1. The number of hydrogen-bond donors (Lipinski definition) is 1. The number of fused-ring (bicyclic) bond motifs is 1. The van der Waals surface area contributed by atoms with Gasteiger partial charge in [0.2, 0.25) is 0 Å². The number of anilines is 1. The number of methoxy groups -OCH3 is 1. The van der Waals surface area contributed by atoms with E-state index in [1.54, 1.807) is 7.11 Å². The summed E-state index contributed by atoms with van der Waals surface area (Å²) in [5.74, 6) is -0.851. The van der Waals surface area contributed by atoms with E-state index in [0.29, 0.717) is 30.2 Å². The van der Waals surface area contributed by atoms with Crippen LogP contribution in [0.25, 0.3) is 17.0 Å². The Hall–Kier alpha value is -4.92. The van der Waals surface area contributed by atoms with Gasteiger partial charge in [-0.15, -0.1) is 0 Å². The Morgan fingerprint density at radius 3 is 2.38 bits per heavy atom. The van der Waals surface area contributed by atoms with Gasteiger partial charge < -0.3 is 14.0 Å². The second kappa shape index (κ2) is 9.98.